The van der Waals surface area contributed by atoms with Gasteiger partial charge < -0.3 is 9.47 Å². The molecule has 0 radical (unpaired) electrons. The van der Waals surface area contributed by atoms with E-state index >= 15 is 0 Å². The van der Waals surface area contributed by atoms with E-state index in [0.717, 1.165) is 0 Å². The number of methoxy groups -OCH3 is 2. The Morgan fingerprint density at radius 1 is 1.11 bits per heavy atom. The summed E-state index contributed by atoms with van der Waals surface area (Å²) in [6, 6.07) is 0. The fourth-order valence-corrected chi connectivity index (χ4v) is 0.616. The number of thiocarbonyl (C=S) groups is 2. The van der Waals surface area contributed by atoms with Crippen molar-refractivity contribution in [1.82, 2.24) is 0 Å². The predicted octanol–water partition coefficient (Wildman–Crippen LogP) is 1.32. The van der Waals surface area contributed by atoms with Crippen LogP contribution < -0.4 is 0 Å². The lowest BCUT2D eigenvalue weighted by atomic mass is 10.5. The molecule has 52 valence electrons. The summed E-state index contributed by atoms with van der Waals surface area (Å²) >= 11 is 9.42. The molecule has 0 rings (SSSR count). The lowest BCUT2D eigenvalue weighted by Gasteiger charge is -2.01. The first kappa shape index (κ1) is 8.78. The van der Waals surface area contributed by atoms with Crippen LogP contribution in [0.2, 0.25) is 0 Å². The van der Waals surface area contributed by atoms with Crippen molar-refractivity contribution >= 4 is 34.5 Å². The molecule has 0 saturated heterocycles. The van der Waals surface area contributed by atoms with Gasteiger partial charge in [0.05, 0.1) is 20.6 Å². The fraction of sp³-hybridized carbons (Fsp3) is 0.600. The molecule has 0 unspecified atom stereocenters. The summed E-state index contributed by atoms with van der Waals surface area (Å²) in [5.74, 6) is 0. The van der Waals surface area contributed by atoms with Gasteiger partial charge in [-0.3, -0.25) is 0 Å². The third kappa shape index (κ3) is 4.29. The molecular weight excluding hydrogens is 156 g/mol. The zero-order chi connectivity index (χ0) is 7.28. The molecule has 0 aliphatic carbocycles. The second-order valence-corrected chi connectivity index (χ2v) is 2.24. The SMILES string of the molecule is COC(=S)CC(=S)OC. The first-order valence-electron chi connectivity index (χ1n) is 2.34. The van der Waals surface area contributed by atoms with Crippen molar-refractivity contribution in [3.8, 4) is 0 Å². The first-order valence-corrected chi connectivity index (χ1v) is 3.16. The van der Waals surface area contributed by atoms with Crippen molar-refractivity contribution in [2.45, 2.75) is 6.42 Å². The molecule has 2 nitrogen and oxygen atoms in total. The Labute approximate surface area is 65.1 Å². The molecule has 0 spiro atoms. The molecule has 9 heavy (non-hydrogen) atoms. The third-order valence-electron chi connectivity index (χ3n) is 0.744. The summed E-state index contributed by atoms with van der Waals surface area (Å²) in [6.45, 7) is 0. The molecule has 4 heteroatoms. The monoisotopic (exact) mass is 164 g/mol. The summed E-state index contributed by atoms with van der Waals surface area (Å²) in [5.41, 5.74) is 0. The van der Waals surface area contributed by atoms with E-state index in [1.165, 1.54) is 14.2 Å². The Morgan fingerprint density at radius 2 is 1.44 bits per heavy atom. The van der Waals surface area contributed by atoms with Crippen LogP contribution in [-0.4, -0.2) is 24.3 Å². The van der Waals surface area contributed by atoms with Gasteiger partial charge in [0.15, 0.2) is 10.1 Å². The van der Waals surface area contributed by atoms with E-state index in [1.807, 2.05) is 0 Å². The summed E-state index contributed by atoms with van der Waals surface area (Å²) in [6.07, 6.45) is 0.428. The first-order chi connectivity index (χ1) is 4.20. The van der Waals surface area contributed by atoms with Gasteiger partial charge in [-0.25, -0.2) is 0 Å². The highest BCUT2D eigenvalue weighted by Crippen LogP contribution is 1.92. The maximum atomic E-state index is 4.71. The van der Waals surface area contributed by atoms with Gasteiger partial charge in [0, 0.05) is 0 Å². The molecule has 0 aliphatic heterocycles. The van der Waals surface area contributed by atoms with Crippen molar-refractivity contribution in [3.63, 3.8) is 0 Å². The average Bonchev–Trinajstić information content (AvgIpc) is 1.87. The van der Waals surface area contributed by atoms with E-state index in [0.29, 0.717) is 16.5 Å². The highest BCUT2D eigenvalue weighted by atomic mass is 32.1. The minimum atomic E-state index is 0.428. The molecule has 0 bridgehead atoms. The number of hydrogen-bond donors (Lipinski definition) is 0. The lowest BCUT2D eigenvalue weighted by molar-refractivity contribution is 0.386. The lowest BCUT2D eigenvalue weighted by Crippen LogP contribution is -2.06. The van der Waals surface area contributed by atoms with Crippen LogP contribution in [0.4, 0.5) is 0 Å². The molecule has 0 fully saturated rings. The molecular formula is C5H8O2S2. The van der Waals surface area contributed by atoms with Crippen LogP contribution >= 0.6 is 24.4 Å². The summed E-state index contributed by atoms with van der Waals surface area (Å²) in [4.78, 5) is 0. The Hall–Kier alpha value is -0.220. The van der Waals surface area contributed by atoms with E-state index < -0.39 is 0 Å². The van der Waals surface area contributed by atoms with E-state index in [4.69, 9.17) is 24.4 Å². The highest BCUT2D eigenvalue weighted by Gasteiger charge is 1.99. The highest BCUT2D eigenvalue weighted by molar-refractivity contribution is 7.81. The molecule has 0 atom stereocenters. The van der Waals surface area contributed by atoms with Crippen molar-refractivity contribution in [3.05, 3.63) is 0 Å². The zero-order valence-electron chi connectivity index (χ0n) is 5.34. The van der Waals surface area contributed by atoms with Crippen LogP contribution in [-0.2, 0) is 9.47 Å². The van der Waals surface area contributed by atoms with Crippen LogP contribution in [0, 0.1) is 0 Å². The van der Waals surface area contributed by atoms with Crippen LogP contribution in [0.1, 0.15) is 6.42 Å². The predicted molar refractivity (Wildman–Crippen MR) is 43.8 cm³/mol. The Kier molecular flexibility index (Phi) is 4.53. The largest absolute Gasteiger partial charge is 0.490 e. The topological polar surface area (TPSA) is 18.5 Å². The summed E-state index contributed by atoms with van der Waals surface area (Å²) in [5, 5.41) is 0.920. The normalized spacial score (nSPS) is 8.22. The number of rotatable bonds is 2. The Balaban J connectivity index is 3.47. The summed E-state index contributed by atoms with van der Waals surface area (Å²) in [7, 11) is 3.03. The van der Waals surface area contributed by atoms with Gasteiger partial charge in [0.1, 0.15) is 0 Å². The van der Waals surface area contributed by atoms with Gasteiger partial charge >= 0.3 is 0 Å². The quantitative estimate of drug-likeness (QED) is 0.573. The van der Waals surface area contributed by atoms with Crippen LogP contribution in [0.25, 0.3) is 0 Å². The molecule has 0 N–H and O–H groups in total. The minimum absolute atomic E-state index is 0.428. The average molecular weight is 164 g/mol. The van der Waals surface area contributed by atoms with E-state index in [-0.39, 0.29) is 0 Å². The smallest absolute Gasteiger partial charge is 0.167 e. The van der Waals surface area contributed by atoms with Gasteiger partial charge in [-0.2, -0.15) is 0 Å². The second kappa shape index (κ2) is 4.64. The van der Waals surface area contributed by atoms with Crippen molar-refractivity contribution < 1.29 is 9.47 Å². The van der Waals surface area contributed by atoms with E-state index in [1.54, 1.807) is 0 Å². The van der Waals surface area contributed by atoms with Crippen molar-refractivity contribution in [2.75, 3.05) is 14.2 Å². The number of hydrogen-bond acceptors (Lipinski definition) is 4. The maximum absolute atomic E-state index is 4.71. The molecule has 0 aromatic carbocycles. The standard InChI is InChI=1S/C5H8O2S2/c1-6-4(8)3-5(9)7-2/h3H2,1-2H3. The molecule has 0 aromatic heterocycles. The van der Waals surface area contributed by atoms with Gasteiger partial charge in [-0.1, -0.05) is 0 Å². The molecule has 0 heterocycles. The van der Waals surface area contributed by atoms with E-state index in [2.05, 4.69) is 9.47 Å². The van der Waals surface area contributed by atoms with Crippen LogP contribution in [0.3, 0.4) is 0 Å². The summed E-state index contributed by atoms with van der Waals surface area (Å²) < 4.78 is 9.37. The van der Waals surface area contributed by atoms with E-state index in [9.17, 15) is 0 Å². The molecule has 0 amide bonds. The maximum Gasteiger partial charge on any atom is 0.167 e. The molecule has 0 aliphatic rings. The Morgan fingerprint density at radius 3 is 1.67 bits per heavy atom. The fourth-order valence-electron chi connectivity index (χ4n) is 0.262. The van der Waals surface area contributed by atoms with Crippen molar-refractivity contribution in [1.29, 1.82) is 0 Å². The van der Waals surface area contributed by atoms with Crippen LogP contribution in [0.15, 0.2) is 0 Å². The van der Waals surface area contributed by atoms with Gasteiger partial charge in [-0.05, 0) is 24.4 Å². The van der Waals surface area contributed by atoms with Gasteiger partial charge in [0.25, 0.3) is 0 Å². The number of ether oxygens (including phenoxy) is 2. The van der Waals surface area contributed by atoms with Gasteiger partial charge in [-0.15, -0.1) is 0 Å². The minimum Gasteiger partial charge on any atom is -0.490 e. The second-order valence-electron chi connectivity index (χ2n) is 1.33. The molecule has 0 aromatic rings. The van der Waals surface area contributed by atoms with Gasteiger partial charge in [0.2, 0.25) is 0 Å². The van der Waals surface area contributed by atoms with Crippen molar-refractivity contribution in [2.24, 2.45) is 0 Å². The Bertz CT molecular complexity index is 108. The zero-order valence-corrected chi connectivity index (χ0v) is 6.97. The van der Waals surface area contributed by atoms with Crippen LogP contribution in [0.5, 0.6) is 0 Å². The molecule has 0 saturated carbocycles. The third-order valence-corrected chi connectivity index (χ3v) is 1.37.